The molecule has 0 unspecified atom stereocenters. The summed E-state index contributed by atoms with van der Waals surface area (Å²) in [6.45, 7) is 5.39. The van der Waals surface area contributed by atoms with Gasteiger partial charge in [0.15, 0.2) is 6.61 Å². The van der Waals surface area contributed by atoms with E-state index < -0.39 is 5.97 Å². The van der Waals surface area contributed by atoms with Crippen LogP contribution in [-0.4, -0.2) is 46.4 Å². The van der Waals surface area contributed by atoms with Crippen molar-refractivity contribution in [1.82, 2.24) is 14.9 Å². The van der Waals surface area contributed by atoms with Crippen molar-refractivity contribution < 1.29 is 14.3 Å². The lowest BCUT2D eigenvalue weighted by Gasteiger charge is -2.26. The average Bonchev–Trinajstić information content (AvgIpc) is 3.07. The number of aromatic nitrogens is 2. The number of carbonyl (C=O) groups is 2. The highest BCUT2D eigenvalue weighted by Gasteiger charge is 2.21. The molecule has 1 aromatic carbocycles. The van der Waals surface area contributed by atoms with Gasteiger partial charge in [0, 0.05) is 28.2 Å². The van der Waals surface area contributed by atoms with E-state index in [9.17, 15) is 9.59 Å². The molecule has 1 aliphatic rings. The van der Waals surface area contributed by atoms with Crippen LogP contribution in [0.3, 0.4) is 0 Å². The standard InChI is InChI=1S/C22H23N3O3S2/c1-14-15(2)29-20-19(14)21(24-13-23-20)30-17-9-5-4-8-16(17)22(27)28-12-18(26)25-10-6-3-7-11-25/h4-5,8-9,13H,3,6-7,10-12H2,1-2H3. The summed E-state index contributed by atoms with van der Waals surface area (Å²) in [7, 11) is 0. The monoisotopic (exact) mass is 441 g/mol. The third kappa shape index (κ3) is 4.34. The van der Waals surface area contributed by atoms with Gasteiger partial charge in [-0.1, -0.05) is 23.9 Å². The lowest BCUT2D eigenvalue weighted by atomic mass is 10.1. The molecule has 0 aliphatic carbocycles. The van der Waals surface area contributed by atoms with Gasteiger partial charge < -0.3 is 9.64 Å². The van der Waals surface area contributed by atoms with E-state index in [2.05, 4.69) is 23.8 Å². The van der Waals surface area contributed by atoms with E-state index in [0.29, 0.717) is 5.56 Å². The number of benzene rings is 1. The van der Waals surface area contributed by atoms with Crippen molar-refractivity contribution in [3.8, 4) is 0 Å². The zero-order valence-electron chi connectivity index (χ0n) is 17.0. The molecular formula is C22H23N3O3S2. The second-order valence-electron chi connectivity index (χ2n) is 7.26. The summed E-state index contributed by atoms with van der Waals surface area (Å²) in [5.41, 5.74) is 1.59. The SMILES string of the molecule is Cc1sc2ncnc(Sc3ccccc3C(=O)OCC(=O)N3CCCCC3)c2c1C. The van der Waals surface area contributed by atoms with Crippen molar-refractivity contribution in [2.75, 3.05) is 19.7 Å². The Morgan fingerprint density at radius 3 is 2.70 bits per heavy atom. The summed E-state index contributed by atoms with van der Waals surface area (Å²) in [5, 5.41) is 1.83. The molecule has 0 N–H and O–H groups in total. The molecule has 0 radical (unpaired) electrons. The van der Waals surface area contributed by atoms with Crippen LogP contribution in [0.1, 0.15) is 40.1 Å². The largest absolute Gasteiger partial charge is 0.452 e. The number of carbonyl (C=O) groups excluding carboxylic acids is 2. The molecule has 6 nitrogen and oxygen atoms in total. The van der Waals surface area contributed by atoms with Crippen LogP contribution in [-0.2, 0) is 9.53 Å². The van der Waals surface area contributed by atoms with Crippen LogP contribution in [0, 0.1) is 13.8 Å². The Morgan fingerprint density at radius 1 is 1.13 bits per heavy atom. The van der Waals surface area contributed by atoms with Crippen LogP contribution < -0.4 is 0 Å². The first-order valence-corrected chi connectivity index (χ1v) is 11.6. The number of fused-ring (bicyclic) bond motifs is 1. The van der Waals surface area contributed by atoms with Crippen LogP contribution in [0.15, 0.2) is 40.5 Å². The zero-order chi connectivity index (χ0) is 21.1. The molecule has 156 valence electrons. The molecule has 8 heteroatoms. The number of aryl methyl sites for hydroxylation is 2. The topological polar surface area (TPSA) is 72.4 Å². The molecule has 0 atom stereocenters. The van der Waals surface area contributed by atoms with Crippen molar-refractivity contribution in [2.24, 2.45) is 0 Å². The fraction of sp³-hybridized carbons (Fsp3) is 0.364. The summed E-state index contributed by atoms with van der Waals surface area (Å²) >= 11 is 3.06. The van der Waals surface area contributed by atoms with E-state index in [4.69, 9.17) is 4.74 Å². The van der Waals surface area contributed by atoms with Crippen molar-refractivity contribution in [3.05, 3.63) is 46.6 Å². The number of piperidine rings is 1. The Bertz CT molecular complexity index is 1090. The maximum Gasteiger partial charge on any atom is 0.339 e. The number of nitrogens with zero attached hydrogens (tertiary/aromatic N) is 3. The normalized spacial score (nSPS) is 14.1. The van der Waals surface area contributed by atoms with E-state index in [-0.39, 0.29) is 12.5 Å². The maximum absolute atomic E-state index is 12.7. The van der Waals surface area contributed by atoms with Gasteiger partial charge in [-0.3, -0.25) is 4.79 Å². The number of hydrogen-bond donors (Lipinski definition) is 0. The lowest BCUT2D eigenvalue weighted by Crippen LogP contribution is -2.38. The fourth-order valence-corrected chi connectivity index (χ4v) is 5.62. The van der Waals surface area contributed by atoms with Crippen molar-refractivity contribution in [2.45, 2.75) is 43.0 Å². The molecule has 0 bridgehead atoms. The molecular weight excluding hydrogens is 418 g/mol. The molecule has 1 amide bonds. The van der Waals surface area contributed by atoms with Gasteiger partial charge in [-0.15, -0.1) is 11.3 Å². The Hall–Kier alpha value is -2.45. The third-order valence-electron chi connectivity index (χ3n) is 5.28. The number of esters is 1. The first-order chi connectivity index (χ1) is 14.5. The summed E-state index contributed by atoms with van der Waals surface area (Å²) in [4.78, 5) is 38.6. The highest BCUT2D eigenvalue weighted by molar-refractivity contribution is 7.99. The minimum Gasteiger partial charge on any atom is -0.452 e. The van der Waals surface area contributed by atoms with E-state index in [1.165, 1.54) is 16.6 Å². The minimum atomic E-state index is -0.494. The van der Waals surface area contributed by atoms with Crippen LogP contribution in [0.25, 0.3) is 10.2 Å². The highest BCUT2D eigenvalue weighted by Crippen LogP contribution is 2.38. The maximum atomic E-state index is 12.7. The number of ether oxygens (including phenoxy) is 1. The third-order valence-corrected chi connectivity index (χ3v) is 7.47. The number of rotatable bonds is 5. The van der Waals surface area contributed by atoms with Gasteiger partial charge in [0.1, 0.15) is 16.2 Å². The molecule has 3 heterocycles. The summed E-state index contributed by atoms with van der Waals surface area (Å²) in [6, 6.07) is 7.27. The van der Waals surface area contributed by atoms with Gasteiger partial charge in [0.25, 0.3) is 5.91 Å². The Balaban J connectivity index is 1.52. The summed E-state index contributed by atoms with van der Waals surface area (Å²) in [5.74, 6) is -0.623. The summed E-state index contributed by atoms with van der Waals surface area (Å²) in [6.07, 6.45) is 4.72. The Labute approximate surface area is 183 Å². The van der Waals surface area contributed by atoms with Gasteiger partial charge in [-0.2, -0.15) is 0 Å². The molecule has 4 rings (SSSR count). The first-order valence-electron chi connectivity index (χ1n) is 9.97. The van der Waals surface area contributed by atoms with Crippen molar-refractivity contribution >= 4 is 45.2 Å². The molecule has 0 saturated carbocycles. The molecule has 1 saturated heterocycles. The Kier molecular flexibility index (Phi) is 6.34. The highest BCUT2D eigenvalue weighted by atomic mass is 32.2. The molecule has 1 aliphatic heterocycles. The second-order valence-corrected chi connectivity index (χ2v) is 9.49. The van der Waals surface area contributed by atoms with Crippen molar-refractivity contribution in [1.29, 1.82) is 0 Å². The van der Waals surface area contributed by atoms with E-state index >= 15 is 0 Å². The Morgan fingerprint density at radius 2 is 1.90 bits per heavy atom. The molecule has 2 aromatic heterocycles. The van der Waals surface area contributed by atoms with E-state index in [1.54, 1.807) is 34.7 Å². The molecule has 0 spiro atoms. The summed E-state index contributed by atoms with van der Waals surface area (Å²) < 4.78 is 5.36. The molecule has 30 heavy (non-hydrogen) atoms. The van der Waals surface area contributed by atoms with Crippen LogP contribution >= 0.6 is 23.1 Å². The number of amides is 1. The zero-order valence-corrected chi connectivity index (χ0v) is 18.6. The van der Waals surface area contributed by atoms with E-state index in [1.807, 2.05) is 12.1 Å². The first kappa shape index (κ1) is 20.8. The molecule has 1 fully saturated rings. The smallest absolute Gasteiger partial charge is 0.339 e. The fourth-order valence-electron chi connectivity index (χ4n) is 3.50. The van der Waals surface area contributed by atoms with Crippen molar-refractivity contribution in [3.63, 3.8) is 0 Å². The van der Waals surface area contributed by atoms with Crippen LogP contribution in [0.5, 0.6) is 0 Å². The van der Waals surface area contributed by atoms with Gasteiger partial charge >= 0.3 is 5.97 Å². The number of hydrogen-bond acceptors (Lipinski definition) is 7. The molecule has 3 aromatic rings. The predicted octanol–water partition coefficient (Wildman–Crippen LogP) is 4.63. The quantitative estimate of drug-likeness (QED) is 0.425. The average molecular weight is 442 g/mol. The number of likely N-dealkylation sites (tertiary alicyclic amines) is 1. The van der Waals surface area contributed by atoms with E-state index in [0.717, 1.165) is 58.1 Å². The van der Waals surface area contributed by atoms with Gasteiger partial charge in [0.05, 0.1) is 5.56 Å². The second kappa shape index (κ2) is 9.14. The predicted molar refractivity (Wildman–Crippen MR) is 118 cm³/mol. The van der Waals surface area contributed by atoms with Crippen LogP contribution in [0.4, 0.5) is 0 Å². The van der Waals surface area contributed by atoms with Gasteiger partial charge in [-0.05, 0) is 50.8 Å². The van der Waals surface area contributed by atoms with Gasteiger partial charge in [-0.25, -0.2) is 14.8 Å². The minimum absolute atomic E-state index is 0.130. The number of thiophene rings is 1. The van der Waals surface area contributed by atoms with Gasteiger partial charge in [0.2, 0.25) is 0 Å². The lowest BCUT2D eigenvalue weighted by molar-refractivity contribution is -0.135. The van der Waals surface area contributed by atoms with Crippen LogP contribution in [0.2, 0.25) is 0 Å².